The molecule has 4 rings (SSSR count). The number of morpholine rings is 1. The number of hydrogen-bond donors (Lipinski definition) is 0. The third-order valence-corrected chi connectivity index (χ3v) is 6.01. The van der Waals surface area contributed by atoms with E-state index in [-0.39, 0.29) is 5.41 Å². The van der Waals surface area contributed by atoms with Crippen LogP contribution in [0.1, 0.15) is 18.6 Å². The van der Waals surface area contributed by atoms with Gasteiger partial charge in [-0.05, 0) is 37.6 Å². The van der Waals surface area contributed by atoms with E-state index < -0.39 is 0 Å². The highest BCUT2D eigenvalue weighted by Crippen LogP contribution is 2.40. The molecule has 1 amide bonds. The summed E-state index contributed by atoms with van der Waals surface area (Å²) in [5.41, 5.74) is -0.135. The number of nitrogens with zero attached hydrogens (tertiary/aromatic N) is 3. The zero-order chi connectivity index (χ0) is 17.8. The van der Waals surface area contributed by atoms with Crippen molar-refractivity contribution in [3.8, 4) is 0 Å². The first-order chi connectivity index (χ1) is 12.8. The molecule has 3 aliphatic rings. The Morgan fingerprint density at radius 1 is 1.08 bits per heavy atom. The van der Waals surface area contributed by atoms with E-state index in [0.29, 0.717) is 5.91 Å². The fourth-order valence-corrected chi connectivity index (χ4v) is 4.39. The molecule has 0 saturated carbocycles. The molecule has 142 valence electrons. The van der Waals surface area contributed by atoms with E-state index >= 15 is 0 Å². The summed E-state index contributed by atoms with van der Waals surface area (Å²) in [5.74, 6) is 1.26. The number of furan rings is 1. The summed E-state index contributed by atoms with van der Waals surface area (Å²) in [4.78, 5) is 19.9. The zero-order valence-electron chi connectivity index (χ0n) is 15.4. The van der Waals surface area contributed by atoms with Crippen LogP contribution in [-0.4, -0.2) is 86.2 Å². The molecular weight excluding hydrogens is 330 g/mol. The van der Waals surface area contributed by atoms with Crippen molar-refractivity contribution in [2.75, 3.05) is 65.6 Å². The SMILES string of the molecule is O=C1N(CCN2CCOCC2)CCC12CCN(C/C=C/c1ccco1)C2. The molecule has 26 heavy (non-hydrogen) atoms. The number of carbonyl (C=O) groups excluding carboxylic acids is 1. The molecule has 3 saturated heterocycles. The number of ether oxygens (including phenoxy) is 1. The van der Waals surface area contributed by atoms with E-state index in [1.807, 2.05) is 18.2 Å². The smallest absolute Gasteiger partial charge is 0.230 e. The van der Waals surface area contributed by atoms with E-state index in [9.17, 15) is 4.79 Å². The van der Waals surface area contributed by atoms with Crippen LogP contribution in [0.2, 0.25) is 0 Å². The summed E-state index contributed by atoms with van der Waals surface area (Å²) in [6.07, 6.45) is 7.83. The van der Waals surface area contributed by atoms with Crippen LogP contribution in [0, 0.1) is 5.41 Å². The van der Waals surface area contributed by atoms with Crippen LogP contribution in [0.4, 0.5) is 0 Å². The largest absolute Gasteiger partial charge is 0.465 e. The fraction of sp³-hybridized carbons (Fsp3) is 0.650. The quantitative estimate of drug-likeness (QED) is 0.771. The van der Waals surface area contributed by atoms with Crippen LogP contribution in [0.15, 0.2) is 28.9 Å². The van der Waals surface area contributed by atoms with Crippen molar-refractivity contribution in [3.63, 3.8) is 0 Å². The highest BCUT2D eigenvalue weighted by atomic mass is 16.5. The van der Waals surface area contributed by atoms with E-state index in [4.69, 9.17) is 9.15 Å². The summed E-state index contributed by atoms with van der Waals surface area (Å²) in [6, 6.07) is 3.85. The minimum atomic E-state index is -0.135. The van der Waals surface area contributed by atoms with Crippen LogP contribution in [0.5, 0.6) is 0 Å². The molecule has 3 fully saturated rings. The predicted octanol–water partition coefficient (Wildman–Crippen LogP) is 1.55. The molecule has 0 N–H and O–H groups in total. The first-order valence-electron chi connectivity index (χ1n) is 9.77. The van der Waals surface area contributed by atoms with Gasteiger partial charge in [-0.2, -0.15) is 0 Å². The Morgan fingerprint density at radius 2 is 1.92 bits per heavy atom. The Morgan fingerprint density at radius 3 is 2.73 bits per heavy atom. The van der Waals surface area contributed by atoms with Crippen molar-refractivity contribution >= 4 is 12.0 Å². The van der Waals surface area contributed by atoms with Gasteiger partial charge < -0.3 is 14.1 Å². The summed E-state index contributed by atoms with van der Waals surface area (Å²) in [5, 5.41) is 0. The minimum absolute atomic E-state index is 0.135. The Balaban J connectivity index is 1.25. The van der Waals surface area contributed by atoms with Crippen molar-refractivity contribution in [1.82, 2.24) is 14.7 Å². The molecule has 1 unspecified atom stereocenters. The average molecular weight is 359 g/mol. The van der Waals surface area contributed by atoms with Crippen LogP contribution in [0.3, 0.4) is 0 Å². The molecule has 4 heterocycles. The lowest BCUT2D eigenvalue weighted by Gasteiger charge is -2.29. The topological polar surface area (TPSA) is 49.2 Å². The van der Waals surface area contributed by atoms with Gasteiger partial charge in [-0.3, -0.25) is 14.6 Å². The van der Waals surface area contributed by atoms with Gasteiger partial charge >= 0.3 is 0 Å². The van der Waals surface area contributed by atoms with E-state index in [0.717, 1.165) is 84.2 Å². The predicted molar refractivity (Wildman–Crippen MR) is 99.7 cm³/mol. The second-order valence-electron chi connectivity index (χ2n) is 7.68. The fourth-order valence-electron chi connectivity index (χ4n) is 4.39. The van der Waals surface area contributed by atoms with Gasteiger partial charge in [0.05, 0.1) is 24.9 Å². The number of hydrogen-bond acceptors (Lipinski definition) is 5. The molecular formula is C20H29N3O3. The van der Waals surface area contributed by atoms with Crippen LogP contribution >= 0.6 is 0 Å². The van der Waals surface area contributed by atoms with Crippen molar-refractivity contribution < 1.29 is 13.9 Å². The van der Waals surface area contributed by atoms with Gasteiger partial charge in [0.2, 0.25) is 5.91 Å². The van der Waals surface area contributed by atoms with Crippen LogP contribution in [0.25, 0.3) is 6.08 Å². The Kier molecular flexibility index (Phi) is 5.43. The van der Waals surface area contributed by atoms with E-state index in [1.54, 1.807) is 6.26 Å². The molecule has 3 aliphatic heterocycles. The first-order valence-corrected chi connectivity index (χ1v) is 9.77. The highest BCUT2D eigenvalue weighted by Gasteiger charge is 2.50. The van der Waals surface area contributed by atoms with Gasteiger partial charge in [0.1, 0.15) is 5.76 Å². The number of rotatable bonds is 6. The molecule has 1 aromatic rings. The van der Waals surface area contributed by atoms with Gasteiger partial charge in [-0.25, -0.2) is 0 Å². The van der Waals surface area contributed by atoms with Gasteiger partial charge in [-0.1, -0.05) is 6.08 Å². The second-order valence-corrected chi connectivity index (χ2v) is 7.68. The van der Waals surface area contributed by atoms with Gasteiger partial charge in [0.15, 0.2) is 0 Å². The number of likely N-dealkylation sites (tertiary alicyclic amines) is 2. The zero-order valence-corrected chi connectivity index (χ0v) is 15.4. The maximum Gasteiger partial charge on any atom is 0.230 e. The lowest BCUT2D eigenvalue weighted by Crippen LogP contribution is -2.43. The summed E-state index contributed by atoms with van der Waals surface area (Å²) in [6.45, 7) is 9.14. The third kappa shape index (κ3) is 3.87. The van der Waals surface area contributed by atoms with E-state index in [1.165, 1.54) is 0 Å². The maximum absolute atomic E-state index is 13.0. The standard InChI is InChI=1S/C20H29N3O3/c24-19-20(6-9-23(19)11-10-21-12-15-25-16-13-21)5-8-22(17-20)7-1-3-18-4-2-14-26-18/h1-4,14H,5-13,15-17H2/b3-1+. The van der Waals surface area contributed by atoms with E-state index in [2.05, 4.69) is 20.8 Å². The molecule has 1 spiro atoms. The van der Waals surface area contributed by atoms with Crippen molar-refractivity contribution in [2.24, 2.45) is 5.41 Å². The Labute approximate surface area is 155 Å². The van der Waals surface area contributed by atoms with Gasteiger partial charge in [0, 0.05) is 45.8 Å². The average Bonchev–Trinajstić information content (AvgIpc) is 3.39. The molecule has 1 atom stereocenters. The maximum atomic E-state index is 13.0. The molecule has 0 radical (unpaired) electrons. The van der Waals surface area contributed by atoms with Crippen molar-refractivity contribution in [1.29, 1.82) is 0 Å². The summed E-state index contributed by atoms with van der Waals surface area (Å²) in [7, 11) is 0. The summed E-state index contributed by atoms with van der Waals surface area (Å²) < 4.78 is 10.7. The second kappa shape index (κ2) is 7.94. The lowest BCUT2D eigenvalue weighted by atomic mass is 9.85. The monoisotopic (exact) mass is 359 g/mol. The normalized spacial score (nSPS) is 28.2. The molecule has 6 nitrogen and oxygen atoms in total. The molecule has 0 aliphatic carbocycles. The van der Waals surface area contributed by atoms with Crippen molar-refractivity contribution in [3.05, 3.63) is 30.2 Å². The third-order valence-electron chi connectivity index (χ3n) is 6.01. The number of amides is 1. The highest BCUT2D eigenvalue weighted by molar-refractivity contribution is 5.85. The van der Waals surface area contributed by atoms with Gasteiger partial charge in [0.25, 0.3) is 0 Å². The van der Waals surface area contributed by atoms with Gasteiger partial charge in [-0.15, -0.1) is 0 Å². The minimum Gasteiger partial charge on any atom is -0.465 e. The molecule has 0 bridgehead atoms. The van der Waals surface area contributed by atoms with Crippen LogP contribution < -0.4 is 0 Å². The molecule has 1 aromatic heterocycles. The summed E-state index contributed by atoms with van der Waals surface area (Å²) >= 11 is 0. The Bertz CT molecular complexity index is 624. The Hall–Kier alpha value is -1.63. The van der Waals surface area contributed by atoms with Crippen molar-refractivity contribution in [2.45, 2.75) is 12.8 Å². The molecule has 6 heteroatoms. The van der Waals surface area contributed by atoms with Crippen LogP contribution in [-0.2, 0) is 9.53 Å². The first kappa shape index (κ1) is 17.8. The number of carbonyl (C=O) groups is 1. The molecule has 0 aromatic carbocycles. The lowest BCUT2D eigenvalue weighted by molar-refractivity contribution is -0.135.